The number of aromatic nitrogens is 2. The summed E-state index contributed by atoms with van der Waals surface area (Å²) in [6.07, 6.45) is 3.14. The molecule has 0 fully saturated rings. The molecule has 0 radical (unpaired) electrons. The number of nitrogens with one attached hydrogen (secondary N) is 2. The second-order valence-corrected chi connectivity index (χ2v) is 7.40. The maximum absolute atomic E-state index is 12.1. The SMILES string of the molecule is COc1ccc(S(=O)(=O)NCCNC(=O)c2cnn(C(C)C)c2)cc1. The summed E-state index contributed by atoms with van der Waals surface area (Å²) >= 11 is 0. The van der Waals surface area contributed by atoms with Gasteiger partial charge in [0.2, 0.25) is 10.0 Å². The molecule has 2 N–H and O–H groups in total. The van der Waals surface area contributed by atoms with Crippen LogP contribution < -0.4 is 14.8 Å². The first-order valence-corrected chi connectivity index (χ1v) is 9.28. The van der Waals surface area contributed by atoms with Crippen LogP contribution in [-0.2, 0) is 10.0 Å². The Morgan fingerprint density at radius 3 is 2.48 bits per heavy atom. The lowest BCUT2D eigenvalue weighted by molar-refractivity contribution is 0.0954. The number of rotatable bonds is 8. The van der Waals surface area contributed by atoms with Crippen LogP contribution in [0.1, 0.15) is 30.2 Å². The van der Waals surface area contributed by atoms with E-state index in [-0.39, 0.29) is 29.9 Å². The number of benzene rings is 1. The van der Waals surface area contributed by atoms with E-state index in [1.165, 1.54) is 25.4 Å². The Morgan fingerprint density at radius 1 is 1.24 bits per heavy atom. The van der Waals surface area contributed by atoms with Crippen molar-refractivity contribution in [1.82, 2.24) is 19.8 Å². The van der Waals surface area contributed by atoms with Crippen LogP contribution in [0.3, 0.4) is 0 Å². The lowest BCUT2D eigenvalue weighted by atomic mass is 10.3. The highest BCUT2D eigenvalue weighted by atomic mass is 32.2. The van der Waals surface area contributed by atoms with Crippen LogP contribution in [0.4, 0.5) is 0 Å². The number of methoxy groups -OCH3 is 1. The Kier molecular flexibility index (Phi) is 6.16. The fourth-order valence-electron chi connectivity index (χ4n) is 2.04. The third kappa shape index (κ3) is 5.04. The number of amides is 1. The molecule has 2 aromatic rings. The minimum atomic E-state index is -3.63. The summed E-state index contributed by atoms with van der Waals surface area (Å²) in [4.78, 5) is 12.1. The average molecular weight is 366 g/mol. The highest BCUT2D eigenvalue weighted by molar-refractivity contribution is 7.89. The van der Waals surface area contributed by atoms with Crippen molar-refractivity contribution in [2.45, 2.75) is 24.8 Å². The number of carbonyl (C=O) groups excluding carboxylic acids is 1. The quantitative estimate of drug-likeness (QED) is 0.683. The standard InChI is InChI=1S/C16H22N4O4S/c1-12(2)20-11-13(10-18-20)16(21)17-8-9-19-25(22,23)15-6-4-14(24-3)5-7-15/h4-7,10-12,19H,8-9H2,1-3H3,(H,17,21). The van der Waals surface area contributed by atoms with Gasteiger partial charge in [-0.3, -0.25) is 9.48 Å². The Hall–Kier alpha value is -2.39. The van der Waals surface area contributed by atoms with Gasteiger partial charge in [-0.15, -0.1) is 0 Å². The second-order valence-electron chi connectivity index (χ2n) is 5.63. The van der Waals surface area contributed by atoms with Crippen molar-refractivity contribution in [3.8, 4) is 5.75 Å². The normalized spacial score (nSPS) is 11.5. The maximum Gasteiger partial charge on any atom is 0.254 e. The third-order valence-corrected chi connectivity index (χ3v) is 4.94. The van der Waals surface area contributed by atoms with E-state index in [0.717, 1.165) is 0 Å². The van der Waals surface area contributed by atoms with Gasteiger partial charge in [0.1, 0.15) is 5.75 Å². The molecule has 1 amide bonds. The third-order valence-electron chi connectivity index (χ3n) is 3.47. The smallest absolute Gasteiger partial charge is 0.254 e. The summed E-state index contributed by atoms with van der Waals surface area (Å²) in [7, 11) is -2.12. The molecule has 25 heavy (non-hydrogen) atoms. The molecule has 0 unspecified atom stereocenters. The van der Waals surface area contributed by atoms with Crippen molar-refractivity contribution < 1.29 is 17.9 Å². The summed E-state index contributed by atoms with van der Waals surface area (Å²) in [6, 6.07) is 6.23. The molecule has 0 aliphatic heterocycles. The summed E-state index contributed by atoms with van der Waals surface area (Å²) < 4.78 is 33.4. The second kappa shape index (κ2) is 8.13. The molecule has 0 spiro atoms. The number of ether oxygens (including phenoxy) is 1. The fraction of sp³-hybridized carbons (Fsp3) is 0.375. The number of nitrogens with zero attached hydrogens (tertiary/aromatic N) is 2. The van der Waals surface area contributed by atoms with Crippen molar-refractivity contribution in [3.05, 3.63) is 42.2 Å². The van der Waals surface area contributed by atoms with E-state index >= 15 is 0 Å². The van der Waals surface area contributed by atoms with Crippen LogP contribution in [0, 0.1) is 0 Å². The van der Waals surface area contributed by atoms with Crippen molar-refractivity contribution >= 4 is 15.9 Å². The van der Waals surface area contributed by atoms with Gasteiger partial charge in [0.25, 0.3) is 5.91 Å². The Morgan fingerprint density at radius 2 is 1.92 bits per heavy atom. The van der Waals surface area contributed by atoms with Gasteiger partial charge in [0.15, 0.2) is 0 Å². The minimum Gasteiger partial charge on any atom is -0.497 e. The van der Waals surface area contributed by atoms with E-state index in [0.29, 0.717) is 11.3 Å². The highest BCUT2D eigenvalue weighted by Crippen LogP contribution is 2.15. The van der Waals surface area contributed by atoms with E-state index in [2.05, 4.69) is 15.1 Å². The van der Waals surface area contributed by atoms with Gasteiger partial charge < -0.3 is 10.1 Å². The van der Waals surface area contributed by atoms with Crippen LogP contribution in [0.2, 0.25) is 0 Å². The molecule has 0 bridgehead atoms. The summed E-state index contributed by atoms with van der Waals surface area (Å²) in [5.74, 6) is 0.281. The van der Waals surface area contributed by atoms with Gasteiger partial charge in [0.05, 0.1) is 23.8 Å². The average Bonchev–Trinajstić information content (AvgIpc) is 3.09. The molecular weight excluding hydrogens is 344 g/mol. The number of hydrogen-bond acceptors (Lipinski definition) is 5. The fourth-order valence-corrected chi connectivity index (χ4v) is 3.07. The number of carbonyl (C=O) groups is 1. The number of sulfonamides is 1. The molecule has 2 rings (SSSR count). The zero-order chi connectivity index (χ0) is 18.4. The minimum absolute atomic E-state index is 0.0818. The lowest BCUT2D eigenvalue weighted by Gasteiger charge is -2.08. The largest absolute Gasteiger partial charge is 0.497 e. The topological polar surface area (TPSA) is 102 Å². The highest BCUT2D eigenvalue weighted by Gasteiger charge is 2.14. The molecule has 1 aromatic heterocycles. The maximum atomic E-state index is 12.1. The number of hydrogen-bond donors (Lipinski definition) is 2. The van der Waals surface area contributed by atoms with Crippen LogP contribution >= 0.6 is 0 Å². The molecule has 0 aliphatic rings. The van der Waals surface area contributed by atoms with E-state index in [9.17, 15) is 13.2 Å². The van der Waals surface area contributed by atoms with Crippen molar-refractivity contribution in [2.24, 2.45) is 0 Å². The Balaban J connectivity index is 1.83. The molecule has 136 valence electrons. The zero-order valence-electron chi connectivity index (χ0n) is 14.4. The molecule has 0 saturated heterocycles. The molecular formula is C16H22N4O4S. The molecule has 0 atom stereocenters. The first-order chi connectivity index (χ1) is 11.8. The van der Waals surface area contributed by atoms with Crippen molar-refractivity contribution in [2.75, 3.05) is 20.2 Å². The van der Waals surface area contributed by atoms with E-state index in [1.807, 2.05) is 13.8 Å². The van der Waals surface area contributed by atoms with Crippen LogP contribution in [-0.4, -0.2) is 44.3 Å². The van der Waals surface area contributed by atoms with Gasteiger partial charge in [-0.1, -0.05) is 0 Å². The van der Waals surface area contributed by atoms with Crippen LogP contribution in [0.5, 0.6) is 5.75 Å². The van der Waals surface area contributed by atoms with Crippen molar-refractivity contribution in [1.29, 1.82) is 0 Å². The van der Waals surface area contributed by atoms with Gasteiger partial charge in [0, 0.05) is 25.3 Å². The van der Waals surface area contributed by atoms with Gasteiger partial charge >= 0.3 is 0 Å². The molecule has 0 saturated carbocycles. The first kappa shape index (κ1) is 18.9. The lowest BCUT2D eigenvalue weighted by Crippen LogP contribution is -2.34. The van der Waals surface area contributed by atoms with E-state index in [1.54, 1.807) is 23.0 Å². The molecule has 1 aromatic carbocycles. The van der Waals surface area contributed by atoms with E-state index in [4.69, 9.17) is 4.74 Å². The van der Waals surface area contributed by atoms with Gasteiger partial charge in [-0.2, -0.15) is 5.10 Å². The summed E-state index contributed by atoms with van der Waals surface area (Å²) in [5, 5.41) is 6.75. The molecule has 9 heteroatoms. The Labute approximate surface area is 147 Å². The molecule has 8 nitrogen and oxygen atoms in total. The van der Waals surface area contributed by atoms with Crippen LogP contribution in [0.25, 0.3) is 0 Å². The molecule has 0 aliphatic carbocycles. The van der Waals surface area contributed by atoms with Crippen LogP contribution in [0.15, 0.2) is 41.6 Å². The summed E-state index contributed by atoms with van der Waals surface area (Å²) in [5.41, 5.74) is 0.437. The van der Waals surface area contributed by atoms with E-state index < -0.39 is 10.0 Å². The zero-order valence-corrected chi connectivity index (χ0v) is 15.2. The van der Waals surface area contributed by atoms with Gasteiger partial charge in [-0.05, 0) is 38.1 Å². The van der Waals surface area contributed by atoms with Gasteiger partial charge in [-0.25, -0.2) is 13.1 Å². The van der Waals surface area contributed by atoms with Crippen molar-refractivity contribution in [3.63, 3.8) is 0 Å². The summed E-state index contributed by atoms with van der Waals surface area (Å²) in [6.45, 7) is 4.17. The monoisotopic (exact) mass is 366 g/mol. The first-order valence-electron chi connectivity index (χ1n) is 7.79. The molecule has 1 heterocycles. The Bertz CT molecular complexity index is 813. The predicted octanol–water partition coefficient (Wildman–Crippen LogP) is 1.18. The predicted molar refractivity (Wildman–Crippen MR) is 93.1 cm³/mol.